The second-order valence-electron chi connectivity index (χ2n) is 6.59. The van der Waals surface area contributed by atoms with E-state index in [1.165, 1.54) is 31.2 Å². The predicted octanol–water partition coefficient (Wildman–Crippen LogP) is 1.70. The number of hydrogen-bond donors (Lipinski definition) is 1. The lowest BCUT2D eigenvalue weighted by atomic mass is 10.2. The smallest absolute Gasteiger partial charge is 0.325 e. The molecular weight excluding hydrogens is 380 g/mol. The molecule has 1 amide bonds. The van der Waals surface area contributed by atoms with Gasteiger partial charge in [-0.25, -0.2) is 8.42 Å². The van der Waals surface area contributed by atoms with Gasteiger partial charge < -0.3 is 10.1 Å². The number of carbonyl (C=O) groups excluding carboxylic acids is 2. The average molecular weight is 401 g/mol. The molecule has 0 bridgehead atoms. The topological polar surface area (TPSA) is 92.8 Å². The molecule has 26 heavy (non-hydrogen) atoms. The molecule has 2 fully saturated rings. The lowest BCUT2D eigenvalue weighted by Gasteiger charge is -2.24. The van der Waals surface area contributed by atoms with Gasteiger partial charge in [0.15, 0.2) is 6.10 Å². The summed E-state index contributed by atoms with van der Waals surface area (Å²) >= 11 is 5.81. The van der Waals surface area contributed by atoms with Crippen molar-refractivity contribution in [1.82, 2.24) is 9.62 Å². The fraction of sp³-hybridized carbons (Fsp3) is 0.529. The average Bonchev–Trinajstić information content (AvgIpc) is 3.25. The molecule has 0 radical (unpaired) electrons. The monoisotopic (exact) mass is 400 g/mol. The van der Waals surface area contributed by atoms with Crippen LogP contribution in [0.3, 0.4) is 0 Å². The van der Waals surface area contributed by atoms with Gasteiger partial charge in [0.25, 0.3) is 5.91 Å². The van der Waals surface area contributed by atoms with Crippen molar-refractivity contribution < 1.29 is 22.7 Å². The Bertz CT molecular complexity index is 792. The minimum atomic E-state index is -3.84. The van der Waals surface area contributed by atoms with Crippen LogP contribution in [0, 0.1) is 0 Å². The van der Waals surface area contributed by atoms with E-state index in [4.69, 9.17) is 16.3 Å². The number of amides is 1. The molecule has 7 nitrogen and oxygen atoms in total. The van der Waals surface area contributed by atoms with Crippen LogP contribution in [0.5, 0.6) is 0 Å². The van der Waals surface area contributed by atoms with E-state index >= 15 is 0 Å². The zero-order valence-electron chi connectivity index (χ0n) is 14.4. The van der Waals surface area contributed by atoms with Gasteiger partial charge in [-0.2, -0.15) is 4.31 Å². The normalized spacial score (nSPS) is 22.0. The van der Waals surface area contributed by atoms with Crippen molar-refractivity contribution >= 4 is 33.5 Å². The van der Waals surface area contributed by atoms with Crippen molar-refractivity contribution in [1.29, 1.82) is 0 Å². The number of hydrogen-bond acceptors (Lipinski definition) is 5. The molecule has 1 heterocycles. The van der Waals surface area contributed by atoms with Crippen LogP contribution in [0.25, 0.3) is 0 Å². The van der Waals surface area contributed by atoms with E-state index in [0.717, 1.165) is 17.1 Å². The van der Waals surface area contributed by atoms with Gasteiger partial charge >= 0.3 is 5.97 Å². The van der Waals surface area contributed by atoms with E-state index in [2.05, 4.69) is 5.32 Å². The van der Waals surface area contributed by atoms with E-state index in [-0.39, 0.29) is 23.4 Å². The van der Waals surface area contributed by atoms with Crippen molar-refractivity contribution in [2.24, 2.45) is 0 Å². The molecule has 1 aromatic rings. The molecular formula is C17H21ClN2O5S. The Morgan fingerprint density at radius 2 is 1.88 bits per heavy atom. The third kappa shape index (κ3) is 4.19. The summed E-state index contributed by atoms with van der Waals surface area (Å²) in [6.07, 6.45) is 1.83. The molecule has 2 aliphatic rings. The van der Waals surface area contributed by atoms with Gasteiger partial charge in [0, 0.05) is 17.6 Å². The molecule has 0 unspecified atom stereocenters. The standard InChI is InChI=1S/C17H21ClN2O5S/c1-11(16(21)19-13-6-7-13)25-17(22)15-3-2-10-20(15)26(23,24)14-8-4-12(18)5-9-14/h4-5,8-9,11,13,15H,2-3,6-7,10H2,1H3,(H,19,21)/t11-,15+/m1/s1. The van der Waals surface area contributed by atoms with E-state index in [9.17, 15) is 18.0 Å². The van der Waals surface area contributed by atoms with Crippen LogP contribution >= 0.6 is 11.6 Å². The number of sulfonamides is 1. The van der Waals surface area contributed by atoms with Gasteiger partial charge in [-0.05, 0) is 56.9 Å². The second kappa shape index (κ2) is 7.54. The van der Waals surface area contributed by atoms with Crippen LogP contribution in [0.1, 0.15) is 32.6 Å². The molecule has 9 heteroatoms. The minimum absolute atomic E-state index is 0.0705. The maximum atomic E-state index is 12.8. The van der Waals surface area contributed by atoms with Gasteiger partial charge in [-0.15, -0.1) is 0 Å². The van der Waals surface area contributed by atoms with Crippen molar-refractivity contribution in [3.05, 3.63) is 29.3 Å². The Kier molecular flexibility index (Phi) is 5.55. The first-order chi connectivity index (χ1) is 12.3. The second-order valence-corrected chi connectivity index (χ2v) is 8.92. The van der Waals surface area contributed by atoms with Gasteiger partial charge in [0.05, 0.1) is 4.90 Å². The fourth-order valence-corrected chi connectivity index (χ4v) is 4.63. The molecule has 1 saturated carbocycles. The third-order valence-corrected chi connectivity index (χ3v) is 6.66. The van der Waals surface area contributed by atoms with Gasteiger partial charge in [0.2, 0.25) is 10.0 Å². The van der Waals surface area contributed by atoms with E-state index in [1.807, 2.05) is 0 Å². The summed E-state index contributed by atoms with van der Waals surface area (Å²) in [6, 6.07) is 5.03. The molecule has 1 aliphatic carbocycles. The highest BCUT2D eigenvalue weighted by Crippen LogP contribution is 2.28. The first-order valence-electron chi connectivity index (χ1n) is 8.57. The Morgan fingerprint density at radius 3 is 2.50 bits per heavy atom. The maximum absolute atomic E-state index is 12.8. The quantitative estimate of drug-likeness (QED) is 0.733. The third-order valence-electron chi connectivity index (χ3n) is 4.48. The van der Waals surface area contributed by atoms with Crippen LogP contribution in [0.4, 0.5) is 0 Å². The fourth-order valence-electron chi connectivity index (χ4n) is 2.86. The summed E-state index contributed by atoms with van der Waals surface area (Å²) < 4.78 is 32.0. The van der Waals surface area contributed by atoms with E-state index in [1.54, 1.807) is 0 Å². The molecule has 3 rings (SSSR count). The van der Waals surface area contributed by atoms with Gasteiger partial charge in [-0.1, -0.05) is 11.6 Å². The summed E-state index contributed by atoms with van der Waals surface area (Å²) in [5, 5.41) is 3.19. The Morgan fingerprint density at radius 1 is 1.23 bits per heavy atom. The van der Waals surface area contributed by atoms with Crippen LogP contribution in [0.2, 0.25) is 5.02 Å². The van der Waals surface area contributed by atoms with Crippen molar-refractivity contribution in [3.8, 4) is 0 Å². The zero-order chi connectivity index (χ0) is 18.9. The predicted molar refractivity (Wildman–Crippen MR) is 95.1 cm³/mol. The highest BCUT2D eigenvalue weighted by molar-refractivity contribution is 7.89. The SMILES string of the molecule is C[C@@H](OC(=O)[C@@H]1CCCN1S(=O)(=O)c1ccc(Cl)cc1)C(=O)NC1CC1. The summed E-state index contributed by atoms with van der Waals surface area (Å²) in [5.74, 6) is -1.05. The molecule has 142 valence electrons. The van der Waals surface area contributed by atoms with Crippen LogP contribution in [-0.2, 0) is 24.3 Å². The lowest BCUT2D eigenvalue weighted by molar-refractivity contribution is -0.157. The number of nitrogens with zero attached hydrogens (tertiary/aromatic N) is 1. The number of ether oxygens (including phenoxy) is 1. The number of carbonyl (C=O) groups is 2. The summed E-state index contributed by atoms with van der Waals surface area (Å²) in [4.78, 5) is 24.5. The Labute approximate surface area is 157 Å². The van der Waals surface area contributed by atoms with E-state index in [0.29, 0.717) is 17.9 Å². The summed E-state index contributed by atoms with van der Waals surface area (Å²) in [5.41, 5.74) is 0. The first-order valence-corrected chi connectivity index (χ1v) is 10.4. The van der Waals surface area contributed by atoms with Gasteiger partial charge in [0.1, 0.15) is 6.04 Å². The van der Waals surface area contributed by atoms with Crippen LogP contribution < -0.4 is 5.32 Å². The summed E-state index contributed by atoms with van der Waals surface area (Å²) in [7, 11) is -3.84. The highest BCUT2D eigenvalue weighted by atomic mass is 35.5. The largest absolute Gasteiger partial charge is 0.451 e. The van der Waals surface area contributed by atoms with Crippen molar-refractivity contribution in [3.63, 3.8) is 0 Å². The summed E-state index contributed by atoms with van der Waals surface area (Å²) in [6.45, 7) is 1.72. The Hall–Kier alpha value is -1.64. The minimum Gasteiger partial charge on any atom is -0.451 e. The van der Waals surface area contributed by atoms with Gasteiger partial charge in [-0.3, -0.25) is 9.59 Å². The molecule has 0 aromatic heterocycles. The van der Waals surface area contributed by atoms with Crippen LogP contribution in [0.15, 0.2) is 29.2 Å². The molecule has 1 saturated heterocycles. The molecule has 1 N–H and O–H groups in total. The van der Waals surface area contributed by atoms with Crippen molar-refractivity contribution in [2.45, 2.75) is 55.7 Å². The van der Waals surface area contributed by atoms with E-state index < -0.39 is 28.1 Å². The Balaban J connectivity index is 1.69. The number of esters is 1. The maximum Gasteiger partial charge on any atom is 0.325 e. The number of halogens is 1. The van der Waals surface area contributed by atoms with Crippen molar-refractivity contribution in [2.75, 3.05) is 6.54 Å². The number of benzene rings is 1. The van der Waals surface area contributed by atoms with Crippen LogP contribution in [-0.4, -0.2) is 49.3 Å². The zero-order valence-corrected chi connectivity index (χ0v) is 15.9. The molecule has 1 aliphatic heterocycles. The molecule has 0 spiro atoms. The number of rotatable bonds is 6. The number of nitrogens with one attached hydrogen (secondary N) is 1. The molecule has 2 atom stereocenters. The first kappa shape index (κ1) is 19.1. The lowest BCUT2D eigenvalue weighted by Crippen LogP contribution is -2.44. The molecule has 1 aromatic carbocycles. The highest BCUT2D eigenvalue weighted by Gasteiger charge is 2.41.